The van der Waals surface area contributed by atoms with Gasteiger partial charge in [-0.2, -0.15) is 0 Å². The number of amides is 1. The normalized spacial score (nSPS) is 14.8. The van der Waals surface area contributed by atoms with Gasteiger partial charge in [-0.25, -0.2) is 9.97 Å². The summed E-state index contributed by atoms with van der Waals surface area (Å²) < 4.78 is 4.98. The molecule has 0 radical (unpaired) electrons. The van der Waals surface area contributed by atoms with E-state index in [-0.39, 0.29) is 5.91 Å². The molecule has 2 aromatic rings. The van der Waals surface area contributed by atoms with Crippen molar-refractivity contribution in [3.05, 3.63) is 29.4 Å². The third-order valence-electron chi connectivity index (χ3n) is 3.92. The number of aryl methyl sites for hydroxylation is 2. The van der Waals surface area contributed by atoms with Crippen LogP contribution in [0, 0.1) is 13.8 Å². The summed E-state index contributed by atoms with van der Waals surface area (Å²) in [6, 6.07) is 3.63. The van der Waals surface area contributed by atoms with Crippen molar-refractivity contribution in [1.29, 1.82) is 0 Å². The fourth-order valence-electron chi connectivity index (χ4n) is 2.75. The Morgan fingerprint density at radius 3 is 2.58 bits per heavy atom. The number of piperazine rings is 1. The van der Waals surface area contributed by atoms with Crippen molar-refractivity contribution in [2.24, 2.45) is 0 Å². The van der Waals surface area contributed by atoms with Crippen LogP contribution < -0.4 is 10.2 Å². The average molecular weight is 330 g/mol. The molecule has 1 aliphatic rings. The van der Waals surface area contributed by atoms with E-state index in [4.69, 9.17) is 4.52 Å². The number of nitrogens with zero attached hydrogens (tertiary/aromatic N) is 5. The number of carbonyl (C=O) groups is 1. The van der Waals surface area contributed by atoms with Crippen molar-refractivity contribution in [3.8, 4) is 0 Å². The number of hydrogen-bond acceptors (Lipinski definition) is 7. The summed E-state index contributed by atoms with van der Waals surface area (Å²) in [5.74, 6) is 3.02. The Morgan fingerprint density at radius 2 is 1.96 bits per heavy atom. The second kappa shape index (κ2) is 6.86. The fraction of sp³-hybridized carbons (Fsp3) is 0.500. The summed E-state index contributed by atoms with van der Waals surface area (Å²) in [4.78, 5) is 25.3. The Hall–Kier alpha value is -2.64. The molecule has 8 nitrogen and oxygen atoms in total. The van der Waals surface area contributed by atoms with Gasteiger partial charge in [0.1, 0.15) is 23.2 Å². The van der Waals surface area contributed by atoms with Gasteiger partial charge in [-0.15, -0.1) is 0 Å². The first-order valence-corrected chi connectivity index (χ1v) is 8.14. The number of hydrogen-bond donors (Lipinski definition) is 1. The lowest BCUT2D eigenvalue weighted by Crippen LogP contribution is -2.49. The molecule has 8 heteroatoms. The lowest BCUT2D eigenvalue weighted by molar-refractivity contribution is 0.0736. The van der Waals surface area contributed by atoms with Crippen LogP contribution in [0.3, 0.4) is 0 Å². The number of rotatable bonds is 4. The van der Waals surface area contributed by atoms with Crippen LogP contribution in [0.2, 0.25) is 0 Å². The molecule has 24 heavy (non-hydrogen) atoms. The molecule has 1 saturated heterocycles. The first kappa shape index (κ1) is 16.2. The standard InChI is InChI=1S/C16H22N6O2/c1-4-17-14-10-15(19-12(3)18-14)21-5-7-22(8-6-21)16(23)13-9-11(2)24-20-13/h9-10H,4-8H2,1-3H3,(H,17,18,19). The summed E-state index contributed by atoms with van der Waals surface area (Å²) in [5, 5.41) is 7.02. The van der Waals surface area contributed by atoms with E-state index in [0.29, 0.717) is 24.5 Å². The Kier molecular flexibility index (Phi) is 4.64. The maximum absolute atomic E-state index is 12.4. The summed E-state index contributed by atoms with van der Waals surface area (Å²) in [6.07, 6.45) is 0. The Balaban J connectivity index is 1.65. The van der Waals surface area contributed by atoms with E-state index in [9.17, 15) is 4.79 Å². The molecular weight excluding hydrogens is 308 g/mol. The number of carbonyl (C=O) groups excluding carboxylic acids is 1. The van der Waals surface area contributed by atoms with Crippen LogP contribution in [0.25, 0.3) is 0 Å². The predicted molar refractivity (Wildman–Crippen MR) is 90.3 cm³/mol. The fourth-order valence-corrected chi connectivity index (χ4v) is 2.75. The molecule has 1 N–H and O–H groups in total. The number of nitrogens with one attached hydrogen (secondary N) is 1. The molecule has 128 valence electrons. The summed E-state index contributed by atoms with van der Waals surface area (Å²) in [6.45, 7) is 9.23. The maximum atomic E-state index is 12.4. The molecule has 3 rings (SSSR count). The number of anilines is 2. The highest BCUT2D eigenvalue weighted by Gasteiger charge is 2.25. The van der Waals surface area contributed by atoms with Gasteiger partial charge in [0, 0.05) is 44.9 Å². The zero-order chi connectivity index (χ0) is 17.1. The Bertz CT molecular complexity index is 721. The van der Waals surface area contributed by atoms with Crippen molar-refractivity contribution in [2.45, 2.75) is 20.8 Å². The monoisotopic (exact) mass is 330 g/mol. The molecule has 0 atom stereocenters. The van der Waals surface area contributed by atoms with E-state index in [2.05, 4.69) is 25.3 Å². The van der Waals surface area contributed by atoms with E-state index in [1.54, 1.807) is 17.9 Å². The predicted octanol–water partition coefficient (Wildman–Crippen LogP) is 1.48. The van der Waals surface area contributed by atoms with Crippen LogP contribution in [-0.2, 0) is 0 Å². The van der Waals surface area contributed by atoms with Crippen LogP contribution in [0.5, 0.6) is 0 Å². The zero-order valence-electron chi connectivity index (χ0n) is 14.2. The molecule has 1 amide bonds. The van der Waals surface area contributed by atoms with E-state index in [1.165, 1.54) is 0 Å². The molecule has 2 aromatic heterocycles. The lowest BCUT2D eigenvalue weighted by Gasteiger charge is -2.35. The van der Waals surface area contributed by atoms with Gasteiger partial charge in [-0.1, -0.05) is 5.16 Å². The van der Waals surface area contributed by atoms with Crippen molar-refractivity contribution in [1.82, 2.24) is 20.0 Å². The molecule has 0 aliphatic carbocycles. The molecule has 1 fully saturated rings. The molecule has 3 heterocycles. The molecule has 0 bridgehead atoms. The number of aromatic nitrogens is 3. The largest absolute Gasteiger partial charge is 0.370 e. The lowest BCUT2D eigenvalue weighted by atomic mass is 10.2. The quantitative estimate of drug-likeness (QED) is 0.908. The van der Waals surface area contributed by atoms with Gasteiger partial charge in [-0.3, -0.25) is 4.79 Å². The van der Waals surface area contributed by atoms with E-state index in [0.717, 1.165) is 37.1 Å². The van der Waals surface area contributed by atoms with Crippen LogP contribution in [0.1, 0.15) is 29.0 Å². The second-order valence-corrected chi connectivity index (χ2v) is 5.79. The minimum absolute atomic E-state index is 0.0845. The van der Waals surface area contributed by atoms with Gasteiger partial charge in [0.2, 0.25) is 0 Å². The van der Waals surface area contributed by atoms with Gasteiger partial charge >= 0.3 is 0 Å². The summed E-state index contributed by atoms with van der Waals surface area (Å²) in [7, 11) is 0. The van der Waals surface area contributed by atoms with E-state index in [1.807, 2.05) is 19.9 Å². The SMILES string of the molecule is CCNc1cc(N2CCN(C(=O)c3cc(C)on3)CC2)nc(C)n1. The minimum Gasteiger partial charge on any atom is -0.370 e. The first-order valence-electron chi connectivity index (χ1n) is 8.14. The zero-order valence-corrected chi connectivity index (χ0v) is 14.2. The topological polar surface area (TPSA) is 87.4 Å². The van der Waals surface area contributed by atoms with Gasteiger partial charge in [0.15, 0.2) is 5.69 Å². The van der Waals surface area contributed by atoms with E-state index >= 15 is 0 Å². The minimum atomic E-state index is -0.0845. The highest BCUT2D eigenvalue weighted by Crippen LogP contribution is 2.18. The third kappa shape index (κ3) is 3.47. The molecule has 0 aromatic carbocycles. The summed E-state index contributed by atoms with van der Waals surface area (Å²) in [5.41, 5.74) is 0.369. The van der Waals surface area contributed by atoms with Crippen molar-refractivity contribution >= 4 is 17.5 Å². The van der Waals surface area contributed by atoms with Crippen molar-refractivity contribution < 1.29 is 9.32 Å². The molecule has 1 aliphatic heterocycles. The average Bonchev–Trinajstić information content (AvgIpc) is 3.00. The van der Waals surface area contributed by atoms with Crippen LogP contribution >= 0.6 is 0 Å². The highest BCUT2D eigenvalue weighted by molar-refractivity contribution is 5.92. The molecule has 0 saturated carbocycles. The Labute approximate surface area is 140 Å². The molecule has 0 spiro atoms. The maximum Gasteiger partial charge on any atom is 0.276 e. The summed E-state index contributed by atoms with van der Waals surface area (Å²) >= 11 is 0. The molecule has 0 unspecified atom stereocenters. The van der Waals surface area contributed by atoms with Gasteiger partial charge < -0.3 is 19.6 Å². The highest BCUT2D eigenvalue weighted by atomic mass is 16.5. The molecular formula is C16H22N6O2. The van der Waals surface area contributed by atoms with Gasteiger partial charge in [0.25, 0.3) is 5.91 Å². The van der Waals surface area contributed by atoms with E-state index < -0.39 is 0 Å². The van der Waals surface area contributed by atoms with Crippen LogP contribution in [-0.4, -0.2) is 58.7 Å². The van der Waals surface area contributed by atoms with Gasteiger partial charge in [-0.05, 0) is 20.8 Å². The van der Waals surface area contributed by atoms with Crippen LogP contribution in [0.15, 0.2) is 16.7 Å². The Morgan fingerprint density at radius 1 is 1.21 bits per heavy atom. The van der Waals surface area contributed by atoms with Crippen LogP contribution in [0.4, 0.5) is 11.6 Å². The van der Waals surface area contributed by atoms with Gasteiger partial charge in [0.05, 0.1) is 0 Å². The smallest absolute Gasteiger partial charge is 0.276 e. The van der Waals surface area contributed by atoms with Crippen molar-refractivity contribution in [3.63, 3.8) is 0 Å². The third-order valence-corrected chi connectivity index (χ3v) is 3.92. The second-order valence-electron chi connectivity index (χ2n) is 5.79. The van der Waals surface area contributed by atoms with Crippen molar-refractivity contribution in [2.75, 3.05) is 42.9 Å². The first-order chi connectivity index (χ1) is 11.6.